The maximum Gasteiger partial charge on any atom is 0.211 e. The van der Waals surface area contributed by atoms with Gasteiger partial charge in [-0.3, -0.25) is 9.67 Å². The minimum absolute atomic E-state index is 0.00108. The maximum atomic E-state index is 12.1. The predicted octanol–water partition coefficient (Wildman–Crippen LogP) is 3.81. The van der Waals surface area contributed by atoms with E-state index in [2.05, 4.69) is 44.1 Å². The molecule has 0 bridgehead atoms. The molecule has 38 heavy (non-hydrogen) atoms. The molecule has 5 rings (SSSR count). The number of halogens is 1. The van der Waals surface area contributed by atoms with Crippen LogP contribution in [0.3, 0.4) is 0 Å². The lowest BCUT2D eigenvalue weighted by atomic mass is 9.95. The number of anilines is 3. The summed E-state index contributed by atoms with van der Waals surface area (Å²) in [7, 11) is 0.148. The van der Waals surface area contributed by atoms with Gasteiger partial charge in [-0.05, 0) is 25.0 Å². The van der Waals surface area contributed by atoms with E-state index in [-0.39, 0.29) is 18.0 Å². The molecular formula is C25H30ClN9O2S. The van der Waals surface area contributed by atoms with Crippen molar-refractivity contribution in [1.82, 2.24) is 34.0 Å². The van der Waals surface area contributed by atoms with Crippen LogP contribution in [0.25, 0.3) is 22.2 Å². The number of hydrogen-bond donors (Lipinski definition) is 1. The summed E-state index contributed by atoms with van der Waals surface area (Å²) in [5, 5.41) is 9.70. The second-order valence-electron chi connectivity index (χ2n) is 9.94. The molecule has 0 aliphatic carbocycles. The number of aromatic nitrogens is 6. The normalized spacial score (nSPS) is 17.9. The van der Waals surface area contributed by atoms with Gasteiger partial charge in [0.05, 0.1) is 35.4 Å². The van der Waals surface area contributed by atoms with Crippen LogP contribution in [-0.4, -0.2) is 74.4 Å². The maximum absolute atomic E-state index is 12.1. The van der Waals surface area contributed by atoms with E-state index >= 15 is 0 Å². The molecule has 0 unspecified atom stereocenters. The summed E-state index contributed by atoms with van der Waals surface area (Å²) in [4.78, 5) is 20.6. The topological polar surface area (TPSA) is 122 Å². The summed E-state index contributed by atoms with van der Waals surface area (Å²) in [6.07, 6.45) is 8.37. The molecule has 2 atom stereocenters. The first-order valence-electron chi connectivity index (χ1n) is 12.2. The molecule has 1 aliphatic rings. The molecule has 11 nitrogen and oxygen atoms in total. The highest BCUT2D eigenvalue weighted by Crippen LogP contribution is 2.37. The van der Waals surface area contributed by atoms with Crippen LogP contribution in [0.1, 0.15) is 32.4 Å². The lowest BCUT2D eigenvalue weighted by Crippen LogP contribution is -2.65. The quantitative estimate of drug-likeness (QED) is 0.362. The van der Waals surface area contributed by atoms with Gasteiger partial charge >= 0.3 is 0 Å². The Balaban J connectivity index is 1.47. The molecule has 1 aliphatic heterocycles. The van der Waals surface area contributed by atoms with Crippen LogP contribution >= 0.6 is 11.6 Å². The molecule has 0 radical (unpaired) electrons. The van der Waals surface area contributed by atoms with Gasteiger partial charge in [-0.25, -0.2) is 23.4 Å². The molecular weight excluding hydrogens is 526 g/mol. The summed E-state index contributed by atoms with van der Waals surface area (Å²) >= 11 is 6.23. The van der Waals surface area contributed by atoms with Crippen LogP contribution in [0.2, 0.25) is 5.15 Å². The highest BCUT2D eigenvalue weighted by atomic mass is 35.5. The second kappa shape index (κ2) is 9.75. The van der Waals surface area contributed by atoms with Gasteiger partial charge in [0.25, 0.3) is 0 Å². The molecule has 1 fully saturated rings. The average Bonchev–Trinajstić information content (AvgIpc) is 3.20. The minimum Gasteiger partial charge on any atom is -0.364 e. The highest BCUT2D eigenvalue weighted by molar-refractivity contribution is 7.88. The Morgan fingerprint density at radius 1 is 1.16 bits per heavy atom. The summed E-state index contributed by atoms with van der Waals surface area (Å²) in [5.74, 6) is 1.84. The molecule has 0 spiro atoms. The van der Waals surface area contributed by atoms with E-state index in [1.807, 2.05) is 25.4 Å². The van der Waals surface area contributed by atoms with Gasteiger partial charge in [0.1, 0.15) is 11.6 Å². The largest absolute Gasteiger partial charge is 0.364 e. The first-order chi connectivity index (χ1) is 17.9. The predicted molar refractivity (Wildman–Crippen MR) is 149 cm³/mol. The molecule has 5 heterocycles. The summed E-state index contributed by atoms with van der Waals surface area (Å²) < 4.78 is 27.2. The summed E-state index contributed by atoms with van der Waals surface area (Å²) in [5.41, 5.74) is 2.53. The van der Waals surface area contributed by atoms with Crippen molar-refractivity contribution in [2.75, 3.05) is 30.1 Å². The molecule has 4 aromatic rings. The van der Waals surface area contributed by atoms with Crippen molar-refractivity contribution in [3.05, 3.63) is 47.8 Å². The number of sulfonamides is 1. The third-order valence-electron chi connectivity index (χ3n) is 7.00. The van der Waals surface area contributed by atoms with Crippen molar-refractivity contribution in [1.29, 1.82) is 0 Å². The smallest absolute Gasteiger partial charge is 0.211 e. The fraction of sp³-hybridized carbons (Fsp3) is 0.400. The van der Waals surface area contributed by atoms with E-state index in [1.54, 1.807) is 37.2 Å². The van der Waals surface area contributed by atoms with E-state index < -0.39 is 10.0 Å². The Bertz CT molecular complexity index is 1620. The van der Waals surface area contributed by atoms with Crippen molar-refractivity contribution in [2.45, 2.75) is 38.8 Å². The van der Waals surface area contributed by atoms with Crippen molar-refractivity contribution >= 4 is 49.7 Å². The first-order valence-corrected chi connectivity index (χ1v) is 14.4. The number of fused-ring (bicyclic) bond motifs is 1. The molecule has 0 saturated carbocycles. The van der Waals surface area contributed by atoms with Gasteiger partial charge in [-0.1, -0.05) is 25.4 Å². The Morgan fingerprint density at radius 2 is 1.92 bits per heavy atom. The molecule has 0 amide bonds. The Morgan fingerprint density at radius 3 is 2.55 bits per heavy atom. The second-order valence-corrected chi connectivity index (χ2v) is 12.3. The Kier molecular flexibility index (Phi) is 6.74. The standard InChI is InChI=1S/C25H30ClN9O2S/c1-14(2)23-16-9-22(30-21-7-8-27-25(31-21)18-12-33(4)32-24(18)26)28-10-17(16)19(11-29-23)35-13-20(15(35)3)34(5)38(6,36)37/h7-12,14-15,20H,13H2,1-6H3,(H,27,28,30,31)/t15-,20+/m1/s1. The zero-order chi connectivity index (χ0) is 27.4. The number of rotatable bonds is 7. The lowest BCUT2D eigenvalue weighted by Gasteiger charge is -2.50. The number of pyridine rings is 2. The van der Waals surface area contributed by atoms with Crippen molar-refractivity contribution in [3.8, 4) is 11.4 Å². The van der Waals surface area contributed by atoms with E-state index in [0.717, 1.165) is 22.2 Å². The number of aryl methyl sites for hydroxylation is 1. The van der Waals surface area contributed by atoms with E-state index in [0.29, 0.717) is 34.7 Å². The summed E-state index contributed by atoms with van der Waals surface area (Å²) in [6.45, 7) is 6.82. The molecule has 13 heteroatoms. The van der Waals surface area contributed by atoms with Gasteiger partial charge in [-0.15, -0.1) is 0 Å². The van der Waals surface area contributed by atoms with Crippen molar-refractivity contribution in [2.24, 2.45) is 7.05 Å². The Labute approximate surface area is 226 Å². The van der Waals surface area contributed by atoms with Gasteiger partial charge in [0.15, 0.2) is 11.0 Å². The van der Waals surface area contributed by atoms with Crippen LogP contribution in [0, 0.1) is 0 Å². The number of nitrogens with one attached hydrogen (secondary N) is 1. The summed E-state index contributed by atoms with van der Waals surface area (Å²) in [6, 6.07) is 3.64. The van der Waals surface area contributed by atoms with Gasteiger partial charge in [-0.2, -0.15) is 9.40 Å². The van der Waals surface area contributed by atoms with E-state index in [1.165, 1.54) is 10.6 Å². The SMILES string of the molecule is CC(C)c1ncc(N2C[C@H](N(C)S(C)(=O)=O)[C@H]2C)c2cnc(Nc3ccnc(-c4cn(C)nc4Cl)n3)cc12. The van der Waals surface area contributed by atoms with Gasteiger partial charge in [0.2, 0.25) is 10.0 Å². The van der Waals surface area contributed by atoms with Crippen LogP contribution in [0.15, 0.2) is 36.9 Å². The van der Waals surface area contributed by atoms with Crippen molar-refractivity contribution in [3.63, 3.8) is 0 Å². The molecule has 4 aromatic heterocycles. The van der Waals surface area contributed by atoms with Crippen LogP contribution < -0.4 is 10.2 Å². The fourth-order valence-electron chi connectivity index (χ4n) is 4.77. The fourth-order valence-corrected chi connectivity index (χ4v) is 5.76. The Hall–Kier alpha value is -3.35. The average molecular weight is 556 g/mol. The highest BCUT2D eigenvalue weighted by Gasteiger charge is 2.42. The zero-order valence-electron chi connectivity index (χ0n) is 22.1. The van der Waals surface area contributed by atoms with E-state index in [4.69, 9.17) is 16.6 Å². The molecule has 0 aromatic carbocycles. The van der Waals surface area contributed by atoms with Crippen LogP contribution in [0.4, 0.5) is 17.3 Å². The molecule has 1 saturated heterocycles. The third-order valence-corrected chi connectivity index (χ3v) is 8.59. The third kappa shape index (κ3) is 4.79. The van der Waals surface area contributed by atoms with Gasteiger partial charge < -0.3 is 10.2 Å². The monoisotopic (exact) mass is 555 g/mol. The van der Waals surface area contributed by atoms with E-state index in [9.17, 15) is 8.42 Å². The number of nitrogens with zero attached hydrogens (tertiary/aromatic N) is 8. The van der Waals surface area contributed by atoms with Crippen LogP contribution in [-0.2, 0) is 17.1 Å². The number of likely N-dealkylation sites (N-methyl/N-ethyl adjacent to an activating group) is 1. The lowest BCUT2D eigenvalue weighted by molar-refractivity contribution is 0.251. The van der Waals surface area contributed by atoms with Crippen molar-refractivity contribution < 1.29 is 8.42 Å². The molecule has 1 N–H and O–H groups in total. The number of hydrogen-bond acceptors (Lipinski definition) is 9. The molecule has 200 valence electrons. The van der Waals surface area contributed by atoms with Gasteiger partial charge in [0, 0.05) is 56.0 Å². The zero-order valence-corrected chi connectivity index (χ0v) is 23.7. The van der Waals surface area contributed by atoms with Crippen LogP contribution in [0.5, 0.6) is 0 Å². The minimum atomic E-state index is -3.27. The first kappa shape index (κ1) is 26.3.